The van der Waals surface area contributed by atoms with Crippen molar-refractivity contribution >= 4 is 11.6 Å². The second-order valence-corrected chi connectivity index (χ2v) is 5.29. The summed E-state index contributed by atoms with van der Waals surface area (Å²) in [6.07, 6.45) is 3.56. The van der Waals surface area contributed by atoms with Gasteiger partial charge >= 0.3 is 0 Å². The van der Waals surface area contributed by atoms with Crippen LogP contribution in [0.4, 0.5) is 0 Å². The number of halogens is 1. The van der Waals surface area contributed by atoms with Gasteiger partial charge in [0.2, 0.25) is 0 Å². The van der Waals surface area contributed by atoms with E-state index in [1.54, 1.807) is 18.5 Å². The van der Waals surface area contributed by atoms with Crippen molar-refractivity contribution < 1.29 is 0 Å². The van der Waals surface area contributed by atoms with Crippen LogP contribution < -0.4 is 0 Å². The van der Waals surface area contributed by atoms with Gasteiger partial charge in [0.15, 0.2) is 0 Å². The molecule has 3 heterocycles. The lowest BCUT2D eigenvalue weighted by Crippen LogP contribution is -2.29. The average molecular weight is 296 g/mol. The summed E-state index contributed by atoms with van der Waals surface area (Å²) < 4.78 is 0. The van der Waals surface area contributed by atoms with Crippen molar-refractivity contribution in [1.82, 2.24) is 15.0 Å². The minimum Gasteiger partial charge on any atom is -0.260 e. The fraction of sp³-hybridized carbons (Fsp3) is 0.118. The van der Waals surface area contributed by atoms with Gasteiger partial charge in [-0.05, 0) is 43.3 Å². The number of rotatable bonds is 3. The largest absolute Gasteiger partial charge is 0.260 e. The smallest absolute Gasteiger partial charge is 0.129 e. The molecule has 3 aromatic heterocycles. The van der Waals surface area contributed by atoms with Crippen LogP contribution in [0.3, 0.4) is 0 Å². The Morgan fingerprint density at radius 3 is 1.81 bits per heavy atom. The molecule has 0 spiro atoms. The molecule has 3 rings (SSSR count). The van der Waals surface area contributed by atoms with E-state index >= 15 is 0 Å². The van der Waals surface area contributed by atoms with E-state index in [4.69, 9.17) is 11.6 Å². The minimum atomic E-state index is -0.548. The number of pyridine rings is 3. The van der Waals surface area contributed by atoms with Gasteiger partial charge in [-0.15, -0.1) is 0 Å². The molecule has 21 heavy (non-hydrogen) atoms. The number of hydrogen-bond acceptors (Lipinski definition) is 3. The summed E-state index contributed by atoms with van der Waals surface area (Å²) in [5.74, 6) is 0. The van der Waals surface area contributed by atoms with Gasteiger partial charge in [-0.1, -0.05) is 29.8 Å². The van der Waals surface area contributed by atoms with Crippen molar-refractivity contribution in [3.8, 4) is 0 Å². The molecule has 0 aliphatic heterocycles. The summed E-state index contributed by atoms with van der Waals surface area (Å²) in [5.41, 5.74) is 2.05. The van der Waals surface area contributed by atoms with Crippen LogP contribution in [0.15, 0.2) is 67.0 Å². The second-order valence-electron chi connectivity index (χ2n) is 4.90. The molecule has 0 atom stereocenters. The van der Waals surface area contributed by atoms with E-state index in [2.05, 4.69) is 21.9 Å². The Morgan fingerprint density at radius 1 is 0.762 bits per heavy atom. The van der Waals surface area contributed by atoms with Crippen LogP contribution in [0.1, 0.15) is 24.0 Å². The van der Waals surface area contributed by atoms with Crippen LogP contribution in [-0.2, 0) is 5.41 Å². The summed E-state index contributed by atoms with van der Waals surface area (Å²) in [4.78, 5) is 13.5. The molecule has 0 saturated heterocycles. The first-order valence-corrected chi connectivity index (χ1v) is 7.05. The molecular formula is C17H14ClN3. The lowest BCUT2D eigenvalue weighted by atomic mass is 9.79. The number of aromatic nitrogens is 3. The van der Waals surface area contributed by atoms with Crippen molar-refractivity contribution in [2.75, 3.05) is 0 Å². The molecule has 0 bridgehead atoms. The molecule has 0 saturated carbocycles. The molecule has 0 N–H and O–H groups in total. The Balaban J connectivity index is 2.25. The van der Waals surface area contributed by atoms with Crippen LogP contribution in [0, 0.1) is 0 Å². The standard InChI is InChI=1S/C17H14ClN3/c1-17(13-7-2-4-11-19-13,14-8-3-5-12-20-14)15-9-6-10-16(18)21-15/h2-12H,1H3. The van der Waals surface area contributed by atoms with E-state index < -0.39 is 5.41 Å². The van der Waals surface area contributed by atoms with Crippen molar-refractivity contribution in [2.45, 2.75) is 12.3 Å². The summed E-state index contributed by atoms with van der Waals surface area (Å²) in [7, 11) is 0. The van der Waals surface area contributed by atoms with Crippen molar-refractivity contribution in [1.29, 1.82) is 0 Å². The van der Waals surface area contributed by atoms with Gasteiger partial charge in [0.25, 0.3) is 0 Å². The van der Waals surface area contributed by atoms with Crippen molar-refractivity contribution in [3.05, 3.63) is 89.2 Å². The Kier molecular flexibility index (Phi) is 3.67. The van der Waals surface area contributed by atoms with Crippen molar-refractivity contribution in [3.63, 3.8) is 0 Å². The van der Waals surface area contributed by atoms with Gasteiger partial charge < -0.3 is 0 Å². The van der Waals surface area contributed by atoms with E-state index in [1.807, 2.05) is 48.5 Å². The fourth-order valence-electron chi connectivity index (χ4n) is 2.40. The highest BCUT2D eigenvalue weighted by atomic mass is 35.5. The maximum Gasteiger partial charge on any atom is 0.129 e. The normalized spacial score (nSPS) is 11.3. The third-order valence-corrected chi connectivity index (χ3v) is 3.79. The van der Waals surface area contributed by atoms with Gasteiger partial charge in [0, 0.05) is 12.4 Å². The Labute approximate surface area is 128 Å². The molecule has 104 valence electrons. The summed E-state index contributed by atoms with van der Waals surface area (Å²) in [6.45, 7) is 2.07. The van der Waals surface area contributed by atoms with Gasteiger partial charge in [-0.25, -0.2) is 4.98 Å². The molecule has 0 fully saturated rings. The zero-order chi connectivity index (χ0) is 14.7. The third-order valence-electron chi connectivity index (χ3n) is 3.58. The number of hydrogen-bond donors (Lipinski definition) is 0. The predicted octanol–water partition coefficient (Wildman–Crippen LogP) is 3.88. The van der Waals surface area contributed by atoms with Crippen LogP contribution >= 0.6 is 11.6 Å². The zero-order valence-corrected chi connectivity index (χ0v) is 12.3. The van der Waals surface area contributed by atoms with Crippen LogP contribution in [0.25, 0.3) is 0 Å². The summed E-state index contributed by atoms with van der Waals surface area (Å²) in [5, 5.41) is 0.464. The monoisotopic (exact) mass is 295 g/mol. The van der Waals surface area contributed by atoms with E-state index in [1.165, 1.54) is 0 Å². The molecule has 0 amide bonds. The molecule has 4 heteroatoms. The molecule has 0 aromatic carbocycles. The van der Waals surface area contributed by atoms with E-state index in [9.17, 15) is 0 Å². The lowest BCUT2D eigenvalue weighted by Gasteiger charge is -2.28. The molecule has 0 aliphatic carbocycles. The Bertz CT molecular complexity index is 690. The molecule has 0 unspecified atom stereocenters. The quantitative estimate of drug-likeness (QED) is 0.688. The highest BCUT2D eigenvalue weighted by Crippen LogP contribution is 2.35. The second kappa shape index (κ2) is 5.62. The summed E-state index contributed by atoms with van der Waals surface area (Å²) >= 11 is 6.07. The van der Waals surface area contributed by atoms with E-state index in [0.717, 1.165) is 17.1 Å². The lowest BCUT2D eigenvalue weighted by molar-refractivity contribution is 0.619. The van der Waals surface area contributed by atoms with Gasteiger partial charge in [0.1, 0.15) is 5.15 Å². The first-order valence-electron chi connectivity index (χ1n) is 6.67. The maximum absolute atomic E-state index is 6.07. The molecular weight excluding hydrogens is 282 g/mol. The van der Waals surface area contributed by atoms with Crippen LogP contribution in [-0.4, -0.2) is 15.0 Å². The van der Waals surface area contributed by atoms with Crippen molar-refractivity contribution in [2.24, 2.45) is 0 Å². The minimum absolute atomic E-state index is 0.464. The Hall–Kier alpha value is -2.26. The third kappa shape index (κ3) is 2.52. The van der Waals surface area contributed by atoms with Crippen LogP contribution in [0.5, 0.6) is 0 Å². The Morgan fingerprint density at radius 2 is 1.33 bits per heavy atom. The van der Waals surface area contributed by atoms with Crippen LogP contribution in [0.2, 0.25) is 5.15 Å². The zero-order valence-electron chi connectivity index (χ0n) is 11.6. The first kappa shape index (κ1) is 13.7. The van der Waals surface area contributed by atoms with E-state index in [0.29, 0.717) is 5.15 Å². The number of nitrogens with zero attached hydrogens (tertiary/aromatic N) is 3. The highest BCUT2D eigenvalue weighted by Gasteiger charge is 2.35. The topological polar surface area (TPSA) is 38.7 Å². The SMILES string of the molecule is CC(c1ccccn1)(c1ccccn1)c1cccc(Cl)n1. The molecule has 0 radical (unpaired) electrons. The van der Waals surface area contributed by atoms with Gasteiger partial charge in [-0.2, -0.15) is 0 Å². The van der Waals surface area contributed by atoms with Gasteiger partial charge in [-0.3, -0.25) is 9.97 Å². The predicted molar refractivity (Wildman–Crippen MR) is 83.3 cm³/mol. The highest BCUT2D eigenvalue weighted by molar-refractivity contribution is 6.29. The first-order chi connectivity index (χ1) is 10.2. The fourth-order valence-corrected chi connectivity index (χ4v) is 2.56. The maximum atomic E-state index is 6.07. The average Bonchev–Trinajstić information content (AvgIpc) is 2.56. The molecule has 3 nitrogen and oxygen atoms in total. The van der Waals surface area contributed by atoms with Gasteiger partial charge in [0.05, 0.1) is 22.5 Å². The summed E-state index contributed by atoms with van der Waals surface area (Å²) in [6, 6.07) is 17.3. The van der Waals surface area contributed by atoms with E-state index in [-0.39, 0.29) is 0 Å². The molecule has 3 aromatic rings. The molecule has 0 aliphatic rings.